The Morgan fingerprint density at radius 2 is 1.76 bits per heavy atom. The number of benzene rings is 1. The van der Waals surface area contributed by atoms with Crippen molar-refractivity contribution >= 4 is 39.0 Å². The van der Waals surface area contributed by atoms with E-state index in [0.717, 1.165) is 33.1 Å². The molecule has 0 saturated carbocycles. The molecule has 1 heterocycles. The molecule has 2 aromatic rings. The van der Waals surface area contributed by atoms with Gasteiger partial charge in [0.25, 0.3) is 0 Å². The van der Waals surface area contributed by atoms with Crippen molar-refractivity contribution in [3.05, 3.63) is 33.9 Å². The molecule has 0 bridgehead atoms. The summed E-state index contributed by atoms with van der Waals surface area (Å²) in [6, 6.07) is 5.82. The van der Waals surface area contributed by atoms with E-state index in [1.807, 2.05) is 59.7 Å². The molecule has 1 aromatic carbocycles. The van der Waals surface area contributed by atoms with Gasteiger partial charge in [-0.3, -0.25) is 0 Å². The highest BCUT2D eigenvalue weighted by molar-refractivity contribution is 9.10. The minimum Gasteiger partial charge on any atom is -0.444 e. The van der Waals surface area contributed by atoms with E-state index in [9.17, 15) is 9.59 Å². The van der Waals surface area contributed by atoms with Crippen molar-refractivity contribution < 1.29 is 19.1 Å². The summed E-state index contributed by atoms with van der Waals surface area (Å²) in [5, 5.41) is 3.97. The average Bonchev–Trinajstić information content (AvgIpc) is 2.84. The smallest absolute Gasteiger partial charge is 0.419 e. The van der Waals surface area contributed by atoms with Crippen LogP contribution in [0.2, 0.25) is 0 Å². The number of carbonyl (C=O) groups excluding carboxylic acids is 2. The van der Waals surface area contributed by atoms with Crippen LogP contribution in [0, 0.1) is 0 Å². The topological polar surface area (TPSA) is 69.6 Å². The normalized spacial score (nSPS) is 17.0. The Labute approximate surface area is 180 Å². The molecule has 0 fully saturated rings. The van der Waals surface area contributed by atoms with Crippen LogP contribution < -0.4 is 5.32 Å². The molecule has 0 spiro atoms. The first-order valence-corrected chi connectivity index (χ1v) is 10.7. The third-order valence-corrected chi connectivity index (χ3v) is 5.11. The highest BCUT2D eigenvalue weighted by Crippen LogP contribution is 2.34. The van der Waals surface area contributed by atoms with Gasteiger partial charge < -0.3 is 14.8 Å². The summed E-state index contributed by atoms with van der Waals surface area (Å²) in [6.07, 6.45) is 1.25. The van der Waals surface area contributed by atoms with Gasteiger partial charge in [0.2, 0.25) is 0 Å². The van der Waals surface area contributed by atoms with Crippen LogP contribution in [0.25, 0.3) is 10.9 Å². The van der Waals surface area contributed by atoms with Crippen LogP contribution in [0.15, 0.2) is 22.7 Å². The molecule has 1 atom stereocenters. The SMILES string of the molecule is CC(C)(C)OC(=O)NC1CCc2c(c3cc(Br)ccc3n2C(=O)OC(C)(C)C)C1. The maximum Gasteiger partial charge on any atom is 0.419 e. The quantitative estimate of drug-likeness (QED) is 0.598. The Morgan fingerprint density at radius 3 is 2.38 bits per heavy atom. The van der Waals surface area contributed by atoms with Crippen LogP contribution in [0.3, 0.4) is 0 Å². The average molecular weight is 465 g/mol. The van der Waals surface area contributed by atoms with Crippen molar-refractivity contribution in [2.75, 3.05) is 0 Å². The first-order valence-electron chi connectivity index (χ1n) is 9.88. The van der Waals surface area contributed by atoms with Crippen LogP contribution in [-0.4, -0.2) is 34.0 Å². The summed E-state index contributed by atoms with van der Waals surface area (Å²) >= 11 is 3.53. The second-order valence-electron chi connectivity index (χ2n) is 9.49. The molecule has 1 unspecified atom stereocenters. The van der Waals surface area contributed by atoms with E-state index in [-0.39, 0.29) is 12.1 Å². The van der Waals surface area contributed by atoms with Crippen molar-refractivity contribution in [2.45, 2.75) is 78.0 Å². The fourth-order valence-corrected chi connectivity index (χ4v) is 4.01. The molecule has 6 nitrogen and oxygen atoms in total. The number of hydrogen-bond acceptors (Lipinski definition) is 4. The van der Waals surface area contributed by atoms with Gasteiger partial charge in [0.05, 0.1) is 5.52 Å². The van der Waals surface area contributed by atoms with Gasteiger partial charge in [-0.2, -0.15) is 0 Å². The lowest BCUT2D eigenvalue weighted by Gasteiger charge is -2.27. The Hall–Kier alpha value is -2.02. The maximum atomic E-state index is 12.9. The van der Waals surface area contributed by atoms with E-state index in [4.69, 9.17) is 9.47 Å². The number of alkyl carbamates (subject to hydrolysis) is 1. The number of nitrogens with zero attached hydrogens (tertiary/aromatic N) is 1. The zero-order chi connectivity index (χ0) is 21.6. The number of hydrogen-bond donors (Lipinski definition) is 1. The highest BCUT2D eigenvalue weighted by Gasteiger charge is 2.31. The van der Waals surface area contributed by atoms with Crippen molar-refractivity contribution in [2.24, 2.45) is 0 Å². The molecule has 158 valence electrons. The first-order chi connectivity index (χ1) is 13.3. The minimum absolute atomic E-state index is 0.0472. The lowest BCUT2D eigenvalue weighted by Crippen LogP contribution is -2.42. The Balaban J connectivity index is 1.94. The number of halogens is 1. The van der Waals surface area contributed by atoms with E-state index < -0.39 is 17.3 Å². The van der Waals surface area contributed by atoms with E-state index in [1.165, 1.54) is 0 Å². The lowest BCUT2D eigenvalue weighted by molar-refractivity contribution is 0.0490. The molecular formula is C22H29BrN2O4. The van der Waals surface area contributed by atoms with Crippen LogP contribution in [-0.2, 0) is 22.3 Å². The zero-order valence-electron chi connectivity index (χ0n) is 17.9. The molecule has 0 aliphatic heterocycles. The van der Waals surface area contributed by atoms with Crippen LogP contribution in [0.4, 0.5) is 9.59 Å². The Kier molecular flexibility index (Phi) is 5.73. The zero-order valence-corrected chi connectivity index (χ0v) is 19.5. The standard InChI is InChI=1S/C22H29BrN2O4/c1-21(2,3)28-19(26)24-14-8-10-18-16(12-14)15-11-13(23)7-9-17(15)25(18)20(27)29-22(4,5)6/h7,9,11,14H,8,10,12H2,1-6H3,(H,24,26). The molecule has 1 aliphatic rings. The monoisotopic (exact) mass is 464 g/mol. The van der Waals surface area contributed by atoms with Gasteiger partial charge >= 0.3 is 12.2 Å². The number of amides is 1. The first kappa shape index (κ1) is 21.7. The lowest BCUT2D eigenvalue weighted by atomic mass is 9.91. The largest absolute Gasteiger partial charge is 0.444 e. The third-order valence-electron chi connectivity index (χ3n) is 4.62. The second-order valence-corrected chi connectivity index (χ2v) is 10.4. The summed E-state index contributed by atoms with van der Waals surface area (Å²) < 4.78 is 13.7. The van der Waals surface area contributed by atoms with E-state index in [0.29, 0.717) is 12.8 Å². The van der Waals surface area contributed by atoms with Crippen molar-refractivity contribution in [3.63, 3.8) is 0 Å². The van der Waals surface area contributed by atoms with E-state index in [2.05, 4.69) is 21.2 Å². The van der Waals surface area contributed by atoms with Gasteiger partial charge in [0.15, 0.2) is 0 Å². The molecule has 0 saturated heterocycles. The number of fused-ring (bicyclic) bond motifs is 3. The summed E-state index contributed by atoms with van der Waals surface area (Å²) in [5.74, 6) is 0. The van der Waals surface area contributed by atoms with Crippen molar-refractivity contribution in [1.82, 2.24) is 9.88 Å². The van der Waals surface area contributed by atoms with Gasteiger partial charge in [-0.25, -0.2) is 14.2 Å². The van der Waals surface area contributed by atoms with Gasteiger partial charge in [-0.05, 0) is 84.6 Å². The molecule has 29 heavy (non-hydrogen) atoms. The highest BCUT2D eigenvalue weighted by atomic mass is 79.9. The van der Waals surface area contributed by atoms with Crippen molar-refractivity contribution in [1.29, 1.82) is 0 Å². The summed E-state index contributed by atoms with van der Waals surface area (Å²) in [5.41, 5.74) is 1.73. The molecule has 7 heteroatoms. The van der Waals surface area contributed by atoms with Crippen LogP contribution >= 0.6 is 15.9 Å². The fraction of sp³-hybridized carbons (Fsp3) is 0.545. The number of rotatable bonds is 1. The second kappa shape index (κ2) is 7.67. The van der Waals surface area contributed by atoms with E-state index in [1.54, 1.807) is 4.57 Å². The number of nitrogens with one attached hydrogen (secondary N) is 1. The van der Waals surface area contributed by atoms with Gasteiger partial charge in [-0.1, -0.05) is 15.9 Å². The Bertz CT molecular complexity index is 950. The summed E-state index contributed by atoms with van der Waals surface area (Å²) in [4.78, 5) is 25.2. The third kappa shape index (κ3) is 5.13. The van der Waals surface area contributed by atoms with Crippen molar-refractivity contribution in [3.8, 4) is 0 Å². The number of ether oxygens (including phenoxy) is 2. The van der Waals surface area contributed by atoms with E-state index >= 15 is 0 Å². The maximum absolute atomic E-state index is 12.9. The van der Waals surface area contributed by atoms with Crippen LogP contribution in [0.5, 0.6) is 0 Å². The molecule has 3 rings (SSSR count). The van der Waals surface area contributed by atoms with Gasteiger partial charge in [0, 0.05) is 21.6 Å². The molecule has 1 N–H and O–H groups in total. The Morgan fingerprint density at radius 1 is 1.10 bits per heavy atom. The van der Waals surface area contributed by atoms with Crippen LogP contribution in [0.1, 0.15) is 59.2 Å². The predicted octanol–water partition coefficient (Wildman–Crippen LogP) is 5.57. The minimum atomic E-state index is -0.578. The molecule has 0 radical (unpaired) electrons. The van der Waals surface area contributed by atoms with Gasteiger partial charge in [-0.15, -0.1) is 0 Å². The van der Waals surface area contributed by atoms with Gasteiger partial charge in [0.1, 0.15) is 11.2 Å². The summed E-state index contributed by atoms with van der Waals surface area (Å²) in [7, 11) is 0. The molecule has 1 aliphatic carbocycles. The molecule has 1 aromatic heterocycles. The molecular weight excluding hydrogens is 436 g/mol. The molecule has 1 amide bonds. The summed E-state index contributed by atoms with van der Waals surface area (Å²) in [6.45, 7) is 11.1. The number of aromatic nitrogens is 1. The predicted molar refractivity (Wildman–Crippen MR) is 116 cm³/mol. The fourth-order valence-electron chi connectivity index (χ4n) is 3.64. The number of carbonyl (C=O) groups is 2.